The molecule has 6 nitrogen and oxygen atoms in total. The molecule has 7 heteroatoms. The Kier molecular flexibility index (Phi) is 4.34. The van der Waals surface area contributed by atoms with Crippen LogP contribution in [0.25, 0.3) is 0 Å². The average molecular weight is 365 g/mol. The maximum Gasteiger partial charge on any atom is 0.338 e. The van der Waals surface area contributed by atoms with Crippen LogP contribution in [0.15, 0.2) is 46.0 Å². The SMILES string of the molecule is COC(=O)C1=C(C(=O)OC)C2(c3ccc(OC)cc3)OC1C(C)=C2Cl. The normalized spacial score (nSPS) is 24.6. The molecule has 0 amide bonds. The lowest BCUT2D eigenvalue weighted by Gasteiger charge is -2.29. The van der Waals surface area contributed by atoms with E-state index in [4.69, 9.17) is 30.5 Å². The molecule has 0 aromatic heterocycles. The molecule has 2 bridgehead atoms. The summed E-state index contributed by atoms with van der Waals surface area (Å²) < 4.78 is 21.0. The highest BCUT2D eigenvalue weighted by molar-refractivity contribution is 6.33. The first kappa shape index (κ1) is 17.5. The second-order valence-electron chi connectivity index (χ2n) is 5.68. The van der Waals surface area contributed by atoms with E-state index in [-0.39, 0.29) is 11.1 Å². The number of hydrogen-bond donors (Lipinski definition) is 0. The number of methoxy groups -OCH3 is 3. The van der Waals surface area contributed by atoms with E-state index in [0.29, 0.717) is 21.9 Å². The summed E-state index contributed by atoms with van der Waals surface area (Å²) in [7, 11) is 4.04. The molecule has 1 aromatic carbocycles. The highest BCUT2D eigenvalue weighted by atomic mass is 35.5. The fraction of sp³-hybridized carbons (Fsp3) is 0.333. The maximum absolute atomic E-state index is 12.5. The van der Waals surface area contributed by atoms with Gasteiger partial charge in [-0.25, -0.2) is 9.59 Å². The predicted molar refractivity (Wildman–Crippen MR) is 89.2 cm³/mol. The molecular formula is C18H17ClO6. The van der Waals surface area contributed by atoms with Gasteiger partial charge in [0.15, 0.2) is 5.60 Å². The third-order valence-electron chi connectivity index (χ3n) is 4.52. The minimum atomic E-state index is -1.39. The highest BCUT2D eigenvalue weighted by Crippen LogP contribution is 2.58. The summed E-state index contributed by atoms with van der Waals surface area (Å²) in [5, 5.41) is 0.343. The van der Waals surface area contributed by atoms with E-state index in [2.05, 4.69) is 0 Å². The zero-order valence-corrected chi connectivity index (χ0v) is 15.0. The zero-order valence-electron chi connectivity index (χ0n) is 14.2. The molecule has 0 spiro atoms. The second-order valence-corrected chi connectivity index (χ2v) is 6.05. The van der Waals surface area contributed by atoms with Crippen LogP contribution >= 0.6 is 11.6 Å². The van der Waals surface area contributed by atoms with Gasteiger partial charge >= 0.3 is 11.9 Å². The van der Waals surface area contributed by atoms with Gasteiger partial charge in [0.1, 0.15) is 11.9 Å². The molecule has 0 saturated carbocycles. The molecule has 0 radical (unpaired) electrons. The Bertz CT molecular complexity index is 807. The summed E-state index contributed by atoms with van der Waals surface area (Å²) in [6.45, 7) is 1.76. The maximum atomic E-state index is 12.5. The van der Waals surface area contributed by atoms with Crippen molar-refractivity contribution in [2.24, 2.45) is 0 Å². The Morgan fingerprint density at radius 1 is 1.08 bits per heavy atom. The van der Waals surface area contributed by atoms with E-state index < -0.39 is 23.6 Å². The molecule has 0 saturated heterocycles. The monoisotopic (exact) mass is 364 g/mol. The van der Waals surface area contributed by atoms with Crippen molar-refractivity contribution in [1.29, 1.82) is 0 Å². The third-order valence-corrected chi connectivity index (χ3v) is 5.08. The van der Waals surface area contributed by atoms with E-state index in [9.17, 15) is 9.59 Å². The molecule has 0 fully saturated rings. The zero-order chi connectivity index (χ0) is 18.4. The van der Waals surface area contributed by atoms with Crippen LogP contribution < -0.4 is 4.74 Å². The lowest BCUT2D eigenvalue weighted by molar-refractivity contribution is -0.139. The van der Waals surface area contributed by atoms with Gasteiger partial charge in [0.05, 0.1) is 37.5 Å². The number of carbonyl (C=O) groups excluding carboxylic acids is 2. The number of ether oxygens (including phenoxy) is 4. The van der Waals surface area contributed by atoms with Gasteiger partial charge in [-0.15, -0.1) is 0 Å². The molecule has 2 atom stereocenters. The van der Waals surface area contributed by atoms with Gasteiger partial charge in [-0.2, -0.15) is 0 Å². The molecule has 0 aliphatic carbocycles. The smallest absolute Gasteiger partial charge is 0.338 e. The summed E-state index contributed by atoms with van der Waals surface area (Å²) in [5.74, 6) is -0.699. The molecular weight excluding hydrogens is 348 g/mol. The minimum Gasteiger partial charge on any atom is -0.497 e. The van der Waals surface area contributed by atoms with Crippen molar-refractivity contribution in [3.05, 3.63) is 51.6 Å². The number of hydrogen-bond acceptors (Lipinski definition) is 6. The van der Waals surface area contributed by atoms with Gasteiger partial charge in [0.25, 0.3) is 0 Å². The van der Waals surface area contributed by atoms with Gasteiger partial charge in [-0.05, 0) is 30.2 Å². The number of carbonyl (C=O) groups is 2. The summed E-state index contributed by atoms with van der Waals surface area (Å²) >= 11 is 6.56. The van der Waals surface area contributed by atoms with Crippen molar-refractivity contribution in [3.63, 3.8) is 0 Å². The van der Waals surface area contributed by atoms with Crippen LogP contribution in [0.2, 0.25) is 0 Å². The van der Waals surface area contributed by atoms with Crippen molar-refractivity contribution < 1.29 is 28.5 Å². The lowest BCUT2D eigenvalue weighted by Crippen LogP contribution is -2.33. The molecule has 2 aliphatic rings. The minimum absolute atomic E-state index is 0.0487. The Hall–Kier alpha value is -2.31. The number of fused-ring (bicyclic) bond motifs is 2. The van der Waals surface area contributed by atoms with E-state index >= 15 is 0 Å². The second kappa shape index (κ2) is 6.20. The number of halogens is 1. The molecule has 2 unspecified atom stereocenters. The van der Waals surface area contributed by atoms with Crippen LogP contribution in [0.1, 0.15) is 12.5 Å². The first-order chi connectivity index (χ1) is 11.9. The standard InChI is InChI=1S/C18H17ClO6/c1-9-14-12(16(20)23-3)13(17(21)24-4)18(25-14,15(9)19)10-5-7-11(22-2)8-6-10/h5-8,14H,1-4H3. The van der Waals surface area contributed by atoms with Crippen molar-refractivity contribution in [1.82, 2.24) is 0 Å². The lowest BCUT2D eigenvalue weighted by atomic mass is 9.79. The average Bonchev–Trinajstić information content (AvgIpc) is 3.13. The van der Waals surface area contributed by atoms with Gasteiger partial charge in [0.2, 0.25) is 0 Å². The number of esters is 2. The van der Waals surface area contributed by atoms with Gasteiger partial charge in [-0.3, -0.25) is 0 Å². The Labute approximate surface area is 150 Å². The van der Waals surface area contributed by atoms with Crippen molar-refractivity contribution >= 4 is 23.5 Å². The van der Waals surface area contributed by atoms with Crippen LogP contribution in [-0.2, 0) is 29.4 Å². The van der Waals surface area contributed by atoms with Crippen LogP contribution in [0.5, 0.6) is 5.75 Å². The Balaban J connectivity index is 2.27. The van der Waals surface area contributed by atoms with Crippen LogP contribution in [0.4, 0.5) is 0 Å². The fourth-order valence-corrected chi connectivity index (χ4v) is 3.66. The summed E-state index contributed by atoms with van der Waals surface area (Å²) in [5.41, 5.74) is 0.0313. The van der Waals surface area contributed by atoms with Crippen molar-refractivity contribution in [2.75, 3.05) is 21.3 Å². The highest BCUT2D eigenvalue weighted by Gasteiger charge is 2.61. The molecule has 1 aromatic rings. The molecule has 2 heterocycles. The quantitative estimate of drug-likeness (QED) is 0.764. The molecule has 132 valence electrons. The molecule has 25 heavy (non-hydrogen) atoms. The predicted octanol–water partition coefficient (Wildman–Crippen LogP) is 2.46. The third kappa shape index (κ3) is 2.28. The number of rotatable bonds is 4. The van der Waals surface area contributed by atoms with Gasteiger partial charge < -0.3 is 18.9 Å². The number of benzene rings is 1. The molecule has 0 N–H and O–H groups in total. The fourth-order valence-electron chi connectivity index (χ4n) is 3.31. The van der Waals surface area contributed by atoms with Crippen LogP contribution in [-0.4, -0.2) is 39.4 Å². The van der Waals surface area contributed by atoms with Crippen LogP contribution in [0.3, 0.4) is 0 Å². The Morgan fingerprint density at radius 2 is 1.68 bits per heavy atom. The Morgan fingerprint density at radius 3 is 2.20 bits per heavy atom. The molecule has 2 aliphatic heterocycles. The van der Waals surface area contributed by atoms with Crippen LogP contribution in [0, 0.1) is 0 Å². The summed E-state index contributed by atoms with van der Waals surface area (Å²) in [6, 6.07) is 6.93. The first-order valence-corrected chi connectivity index (χ1v) is 7.90. The topological polar surface area (TPSA) is 71.1 Å². The van der Waals surface area contributed by atoms with E-state index in [1.165, 1.54) is 14.2 Å². The van der Waals surface area contributed by atoms with E-state index in [1.807, 2.05) is 0 Å². The van der Waals surface area contributed by atoms with Crippen molar-refractivity contribution in [3.8, 4) is 5.75 Å². The largest absolute Gasteiger partial charge is 0.497 e. The van der Waals surface area contributed by atoms with E-state index in [1.54, 1.807) is 38.3 Å². The van der Waals surface area contributed by atoms with Crippen molar-refractivity contribution in [2.45, 2.75) is 18.6 Å². The first-order valence-electron chi connectivity index (χ1n) is 7.52. The summed E-state index contributed by atoms with van der Waals surface area (Å²) in [6.07, 6.45) is -0.754. The van der Waals surface area contributed by atoms with Gasteiger partial charge in [-0.1, -0.05) is 23.7 Å². The summed E-state index contributed by atoms with van der Waals surface area (Å²) in [4.78, 5) is 24.8. The van der Waals surface area contributed by atoms with E-state index in [0.717, 1.165) is 0 Å². The van der Waals surface area contributed by atoms with Gasteiger partial charge in [0, 0.05) is 0 Å². The molecule has 3 rings (SSSR count).